The van der Waals surface area contributed by atoms with E-state index in [9.17, 15) is 10.0 Å². The predicted molar refractivity (Wildman–Crippen MR) is 142 cm³/mol. The Morgan fingerprint density at radius 1 is 0.921 bits per heavy atom. The Kier molecular flexibility index (Phi) is 10.7. The van der Waals surface area contributed by atoms with Crippen LogP contribution < -0.4 is 23.7 Å². The highest BCUT2D eigenvalue weighted by Gasteiger charge is 2.31. The van der Waals surface area contributed by atoms with Gasteiger partial charge in [0.2, 0.25) is 11.7 Å². The number of rotatable bonds is 13. The van der Waals surface area contributed by atoms with E-state index in [0.29, 0.717) is 46.8 Å². The molecule has 2 aromatic carbocycles. The molecule has 0 radical (unpaired) electrons. The van der Waals surface area contributed by atoms with Gasteiger partial charge in [0.25, 0.3) is 0 Å². The first-order valence-corrected chi connectivity index (χ1v) is 12.9. The summed E-state index contributed by atoms with van der Waals surface area (Å²) in [4.78, 5) is 11.7. The fourth-order valence-electron chi connectivity index (χ4n) is 4.48. The monoisotopic (exact) mass is 529 g/mol. The van der Waals surface area contributed by atoms with Crippen LogP contribution in [0, 0.1) is 0 Å². The highest BCUT2D eigenvalue weighted by molar-refractivity contribution is 5.75. The zero-order valence-corrected chi connectivity index (χ0v) is 23.1. The molecular formula is C29H39NO8. The third kappa shape index (κ3) is 6.71. The van der Waals surface area contributed by atoms with Crippen molar-refractivity contribution in [3.63, 3.8) is 0 Å². The molecule has 1 aliphatic heterocycles. The van der Waals surface area contributed by atoms with Crippen molar-refractivity contribution in [1.29, 1.82) is 0 Å². The van der Waals surface area contributed by atoms with Gasteiger partial charge in [-0.25, -0.2) is 0 Å². The number of carbonyl (C=O) groups excluding carboxylic acids is 1. The van der Waals surface area contributed by atoms with Crippen LogP contribution in [0.4, 0.5) is 0 Å². The normalized spacial score (nSPS) is 16.9. The van der Waals surface area contributed by atoms with E-state index >= 15 is 0 Å². The van der Waals surface area contributed by atoms with Crippen LogP contribution in [-0.2, 0) is 16.0 Å². The first-order valence-electron chi connectivity index (χ1n) is 12.9. The van der Waals surface area contributed by atoms with Crippen LogP contribution in [0.5, 0.6) is 28.7 Å². The molecule has 3 rings (SSSR count). The molecule has 1 heterocycles. The third-order valence-electron chi connectivity index (χ3n) is 6.42. The highest BCUT2D eigenvalue weighted by Crippen LogP contribution is 2.47. The number of amides is 1. The summed E-state index contributed by atoms with van der Waals surface area (Å²) in [6, 6.07) is 7.85. The molecule has 2 atom stereocenters. The largest absolute Gasteiger partial charge is 0.493 e. The molecule has 2 unspecified atom stereocenters. The summed E-state index contributed by atoms with van der Waals surface area (Å²) in [6.07, 6.45) is 5.88. The average molecular weight is 530 g/mol. The number of hydrogen-bond acceptors (Lipinski definition) is 8. The fourth-order valence-corrected chi connectivity index (χ4v) is 4.48. The second-order valence-electron chi connectivity index (χ2n) is 8.89. The van der Waals surface area contributed by atoms with Gasteiger partial charge in [-0.15, -0.1) is 0 Å². The van der Waals surface area contributed by atoms with Crippen LogP contribution in [-0.4, -0.2) is 51.2 Å². The highest BCUT2D eigenvalue weighted by atomic mass is 16.5. The van der Waals surface area contributed by atoms with E-state index in [1.807, 2.05) is 31.2 Å². The maximum absolute atomic E-state index is 11.7. The molecule has 0 aliphatic carbocycles. The maximum Gasteiger partial charge on any atom is 0.249 e. The second kappa shape index (κ2) is 13.9. The van der Waals surface area contributed by atoms with E-state index in [1.54, 1.807) is 41.4 Å². The van der Waals surface area contributed by atoms with Crippen LogP contribution in [0.25, 0.3) is 0 Å². The molecule has 38 heavy (non-hydrogen) atoms. The maximum atomic E-state index is 11.7. The molecule has 0 spiro atoms. The number of hydrogen-bond donors (Lipinski definition) is 1. The summed E-state index contributed by atoms with van der Waals surface area (Å²) in [5.41, 5.74) is 2.79. The van der Waals surface area contributed by atoms with E-state index in [0.717, 1.165) is 36.0 Å². The van der Waals surface area contributed by atoms with E-state index in [1.165, 1.54) is 6.20 Å². The SMILES string of the molecule is CCCOc1c(CC=CN(O)C(=O)CC)cc(C2CCC(c3cc(OC)c(OC)c(OC)c3)O2)cc1OC. The zero-order chi connectivity index (χ0) is 27.7. The van der Waals surface area contributed by atoms with Crippen molar-refractivity contribution >= 4 is 5.91 Å². The van der Waals surface area contributed by atoms with E-state index in [-0.39, 0.29) is 24.5 Å². The van der Waals surface area contributed by atoms with Crippen LogP contribution in [0.1, 0.15) is 68.4 Å². The first kappa shape index (κ1) is 29.1. The average Bonchev–Trinajstić information content (AvgIpc) is 3.45. The van der Waals surface area contributed by atoms with Crippen molar-refractivity contribution < 1.29 is 38.4 Å². The van der Waals surface area contributed by atoms with Crippen molar-refractivity contribution in [3.05, 3.63) is 53.2 Å². The quantitative estimate of drug-likeness (QED) is 0.257. The lowest BCUT2D eigenvalue weighted by atomic mass is 9.99. The fraction of sp³-hybridized carbons (Fsp3) is 0.483. The van der Waals surface area contributed by atoms with Gasteiger partial charge in [-0.3, -0.25) is 10.0 Å². The predicted octanol–water partition coefficient (Wildman–Crippen LogP) is 5.79. The molecule has 1 fully saturated rings. The molecule has 1 saturated heterocycles. The lowest BCUT2D eigenvalue weighted by Crippen LogP contribution is -2.20. The summed E-state index contributed by atoms with van der Waals surface area (Å²) < 4.78 is 34.7. The summed E-state index contributed by atoms with van der Waals surface area (Å²) >= 11 is 0. The van der Waals surface area contributed by atoms with Gasteiger partial charge in [-0.05, 0) is 61.1 Å². The lowest BCUT2D eigenvalue weighted by Gasteiger charge is -2.20. The van der Waals surface area contributed by atoms with Gasteiger partial charge in [0.1, 0.15) is 0 Å². The van der Waals surface area contributed by atoms with Gasteiger partial charge >= 0.3 is 0 Å². The number of methoxy groups -OCH3 is 4. The Bertz CT molecular complexity index is 1090. The van der Waals surface area contributed by atoms with Gasteiger partial charge in [-0.2, -0.15) is 5.06 Å². The van der Waals surface area contributed by atoms with Crippen molar-refractivity contribution in [2.24, 2.45) is 0 Å². The molecule has 0 aromatic heterocycles. The van der Waals surface area contributed by atoms with Crippen molar-refractivity contribution in [1.82, 2.24) is 5.06 Å². The standard InChI is InChI=1S/C29H39NO8/c1-7-14-37-28-19(10-9-13-30(32)27(31)8-2)15-20(16-24(28)33-3)22-11-12-23(38-22)21-17-25(34-4)29(36-6)26(18-21)35-5/h9,13,15-18,22-23,32H,7-8,10-12,14H2,1-6H3. The number of allylic oxidation sites excluding steroid dienone is 1. The zero-order valence-electron chi connectivity index (χ0n) is 23.1. The lowest BCUT2D eigenvalue weighted by molar-refractivity contribution is -0.153. The minimum Gasteiger partial charge on any atom is -0.493 e. The van der Waals surface area contributed by atoms with Gasteiger partial charge in [0.05, 0.1) is 47.3 Å². The number of hydroxylamine groups is 2. The number of carbonyl (C=O) groups is 1. The van der Waals surface area contributed by atoms with Gasteiger partial charge in [0.15, 0.2) is 23.0 Å². The number of ether oxygens (including phenoxy) is 6. The molecule has 208 valence electrons. The molecule has 1 N–H and O–H groups in total. The van der Waals surface area contributed by atoms with E-state index in [2.05, 4.69) is 0 Å². The second-order valence-corrected chi connectivity index (χ2v) is 8.89. The Balaban J connectivity index is 1.89. The topological polar surface area (TPSA) is 95.9 Å². The van der Waals surface area contributed by atoms with Crippen LogP contribution in [0.15, 0.2) is 36.5 Å². The smallest absolute Gasteiger partial charge is 0.249 e. The molecule has 1 amide bonds. The molecule has 1 aliphatic rings. The van der Waals surface area contributed by atoms with Gasteiger partial charge in [-0.1, -0.05) is 19.9 Å². The minimum atomic E-state index is -0.382. The van der Waals surface area contributed by atoms with Crippen LogP contribution >= 0.6 is 0 Å². The molecule has 9 heteroatoms. The molecule has 9 nitrogen and oxygen atoms in total. The summed E-state index contributed by atoms with van der Waals surface area (Å²) in [5.74, 6) is 2.59. The summed E-state index contributed by atoms with van der Waals surface area (Å²) in [5, 5.41) is 10.5. The Labute approximate surface area is 224 Å². The Morgan fingerprint density at radius 2 is 1.47 bits per heavy atom. The Morgan fingerprint density at radius 3 is 1.97 bits per heavy atom. The van der Waals surface area contributed by atoms with Crippen LogP contribution in [0.2, 0.25) is 0 Å². The van der Waals surface area contributed by atoms with Crippen molar-refractivity contribution in [3.8, 4) is 28.7 Å². The summed E-state index contributed by atoms with van der Waals surface area (Å²) in [6.45, 7) is 4.27. The van der Waals surface area contributed by atoms with Crippen molar-refractivity contribution in [2.45, 2.75) is 58.2 Å². The summed E-state index contributed by atoms with van der Waals surface area (Å²) in [7, 11) is 6.38. The third-order valence-corrected chi connectivity index (χ3v) is 6.42. The number of nitrogens with zero attached hydrogens (tertiary/aromatic N) is 1. The molecule has 2 aromatic rings. The Hall–Kier alpha value is -3.43. The van der Waals surface area contributed by atoms with E-state index < -0.39 is 0 Å². The number of benzene rings is 2. The van der Waals surface area contributed by atoms with Crippen LogP contribution in [0.3, 0.4) is 0 Å². The molecular weight excluding hydrogens is 490 g/mol. The molecule has 0 saturated carbocycles. The first-order chi connectivity index (χ1) is 18.4. The van der Waals surface area contributed by atoms with Gasteiger partial charge in [0, 0.05) is 18.2 Å². The van der Waals surface area contributed by atoms with Crippen molar-refractivity contribution in [2.75, 3.05) is 35.0 Å². The van der Waals surface area contributed by atoms with E-state index in [4.69, 9.17) is 28.4 Å². The minimum absolute atomic E-state index is 0.151. The van der Waals surface area contributed by atoms with Gasteiger partial charge < -0.3 is 28.4 Å². The molecule has 0 bridgehead atoms.